The van der Waals surface area contributed by atoms with E-state index in [1.165, 1.54) is 48.3 Å². The maximum atomic E-state index is 6.40. The Hall–Kier alpha value is -0.470. The molecule has 2 unspecified atom stereocenters. The summed E-state index contributed by atoms with van der Waals surface area (Å²) in [4.78, 5) is 0. The summed E-state index contributed by atoms with van der Waals surface area (Å²) >= 11 is 2.04. The van der Waals surface area contributed by atoms with Crippen molar-refractivity contribution in [2.24, 2.45) is 11.7 Å². The highest BCUT2D eigenvalue weighted by molar-refractivity contribution is 7.99. The molecule has 94 valence electrons. The Kier molecular flexibility index (Phi) is 4.93. The van der Waals surface area contributed by atoms with Gasteiger partial charge >= 0.3 is 0 Å². The molecule has 0 radical (unpaired) electrons. The van der Waals surface area contributed by atoms with Crippen molar-refractivity contribution >= 4 is 11.8 Å². The number of fused-ring (bicyclic) bond motifs is 1. The summed E-state index contributed by atoms with van der Waals surface area (Å²) in [6.07, 6.45) is 5.10. The van der Waals surface area contributed by atoms with Crippen LogP contribution in [0.4, 0.5) is 0 Å². The molecule has 2 heteroatoms. The predicted molar refractivity (Wildman–Crippen MR) is 77.4 cm³/mol. The Morgan fingerprint density at radius 2 is 2.18 bits per heavy atom. The predicted octanol–water partition coefficient (Wildman–Crippen LogP) is 3.78. The Morgan fingerprint density at radius 1 is 1.35 bits per heavy atom. The van der Waals surface area contributed by atoms with Crippen LogP contribution in [0.15, 0.2) is 24.3 Å². The topological polar surface area (TPSA) is 26.0 Å². The van der Waals surface area contributed by atoms with Crippen molar-refractivity contribution < 1.29 is 0 Å². The number of hydrogen-bond acceptors (Lipinski definition) is 2. The van der Waals surface area contributed by atoms with E-state index in [0.29, 0.717) is 5.92 Å². The summed E-state index contributed by atoms with van der Waals surface area (Å²) < 4.78 is 0. The molecule has 1 nitrogen and oxygen atoms in total. The first-order chi connectivity index (χ1) is 8.33. The van der Waals surface area contributed by atoms with Gasteiger partial charge in [-0.25, -0.2) is 0 Å². The van der Waals surface area contributed by atoms with Crippen LogP contribution < -0.4 is 5.73 Å². The molecular formula is C15H23NS. The van der Waals surface area contributed by atoms with E-state index in [2.05, 4.69) is 31.2 Å². The highest BCUT2D eigenvalue weighted by Crippen LogP contribution is 2.35. The lowest BCUT2D eigenvalue weighted by atomic mass is 9.78. The average molecular weight is 249 g/mol. The zero-order chi connectivity index (χ0) is 12.1. The maximum Gasteiger partial charge on any atom is 0.0326 e. The Balaban J connectivity index is 1.90. The lowest BCUT2D eigenvalue weighted by molar-refractivity contribution is 0.353. The van der Waals surface area contributed by atoms with Gasteiger partial charge in [0.05, 0.1) is 0 Å². The summed E-state index contributed by atoms with van der Waals surface area (Å²) in [5.74, 6) is 3.23. The molecule has 1 aliphatic carbocycles. The molecule has 0 fully saturated rings. The Morgan fingerprint density at radius 3 is 3.00 bits per heavy atom. The van der Waals surface area contributed by atoms with E-state index in [0.717, 1.165) is 0 Å². The zero-order valence-corrected chi connectivity index (χ0v) is 11.5. The molecule has 0 saturated carbocycles. The van der Waals surface area contributed by atoms with E-state index in [9.17, 15) is 0 Å². The molecule has 0 spiro atoms. The fourth-order valence-electron chi connectivity index (χ4n) is 2.78. The molecule has 0 saturated heterocycles. The summed E-state index contributed by atoms with van der Waals surface area (Å²) in [6, 6.07) is 8.97. The minimum atomic E-state index is 0.270. The number of rotatable bonds is 5. The van der Waals surface area contributed by atoms with Gasteiger partial charge in [0, 0.05) is 6.04 Å². The van der Waals surface area contributed by atoms with E-state index in [1.54, 1.807) is 0 Å². The van der Waals surface area contributed by atoms with Gasteiger partial charge in [-0.2, -0.15) is 11.8 Å². The molecule has 1 aromatic carbocycles. The summed E-state index contributed by atoms with van der Waals surface area (Å²) in [7, 11) is 0. The van der Waals surface area contributed by atoms with Gasteiger partial charge in [-0.3, -0.25) is 0 Å². The van der Waals surface area contributed by atoms with Gasteiger partial charge < -0.3 is 5.73 Å². The van der Waals surface area contributed by atoms with Crippen molar-refractivity contribution in [3.05, 3.63) is 35.4 Å². The van der Waals surface area contributed by atoms with Crippen molar-refractivity contribution in [1.29, 1.82) is 0 Å². The monoisotopic (exact) mass is 249 g/mol. The van der Waals surface area contributed by atoms with Crippen LogP contribution in [0.3, 0.4) is 0 Å². The molecule has 0 aromatic heterocycles. The van der Waals surface area contributed by atoms with Crippen molar-refractivity contribution in [3.63, 3.8) is 0 Å². The standard InChI is InChI=1S/C15H23NS/c1-2-17-11-5-7-13-10-9-12-6-3-4-8-14(12)15(13)16/h3-4,6,8,13,15H,2,5,7,9-11,16H2,1H3. The van der Waals surface area contributed by atoms with Gasteiger partial charge in [0.15, 0.2) is 0 Å². The average Bonchev–Trinajstić information content (AvgIpc) is 2.37. The molecule has 17 heavy (non-hydrogen) atoms. The van der Waals surface area contributed by atoms with Gasteiger partial charge in [-0.15, -0.1) is 0 Å². The summed E-state index contributed by atoms with van der Waals surface area (Å²) in [6.45, 7) is 2.23. The molecule has 0 aliphatic heterocycles. The van der Waals surface area contributed by atoms with Crippen LogP contribution in [-0.2, 0) is 6.42 Å². The third-order valence-corrected chi connectivity index (χ3v) is 4.76. The number of aryl methyl sites for hydroxylation is 1. The van der Waals surface area contributed by atoms with Crippen LogP contribution in [0.5, 0.6) is 0 Å². The molecule has 0 amide bonds. The Labute approximate surface area is 109 Å². The number of nitrogens with two attached hydrogens (primary N) is 1. The zero-order valence-electron chi connectivity index (χ0n) is 10.7. The second-order valence-electron chi connectivity index (χ2n) is 4.86. The second kappa shape index (κ2) is 6.46. The summed E-state index contributed by atoms with van der Waals surface area (Å²) in [5.41, 5.74) is 9.27. The maximum absolute atomic E-state index is 6.40. The first-order valence-electron chi connectivity index (χ1n) is 6.74. The second-order valence-corrected chi connectivity index (χ2v) is 6.26. The number of hydrogen-bond donors (Lipinski definition) is 1. The number of benzene rings is 1. The van der Waals surface area contributed by atoms with E-state index >= 15 is 0 Å². The van der Waals surface area contributed by atoms with Crippen LogP contribution in [-0.4, -0.2) is 11.5 Å². The molecule has 2 rings (SSSR count). The van der Waals surface area contributed by atoms with Crippen LogP contribution >= 0.6 is 11.8 Å². The van der Waals surface area contributed by atoms with Gasteiger partial charge in [0.25, 0.3) is 0 Å². The third-order valence-electron chi connectivity index (χ3n) is 3.77. The minimum Gasteiger partial charge on any atom is -0.324 e. The van der Waals surface area contributed by atoms with Crippen LogP contribution in [0.1, 0.15) is 43.4 Å². The summed E-state index contributed by atoms with van der Waals surface area (Å²) in [5, 5.41) is 0. The van der Waals surface area contributed by atoms with Gasteiger partial charge in [-0.1, -0.05) is 31.2 Å². The highest BCUT2D eigenvalue weighted by Gasteiger charge is 2.25. The fourth-order valence-corrected chi connectivity index (χ4v) is 3.44. The van der Waals surface area contributed by atoms with Crippen molar-refractivity contribution in [2.75, 3.05) is 11.5 Å². The van der Waals surface area contributed by atoms with Gasteiger partial charge in [0.1, 0.15) is 0 Å². The van der Waals surface area contributed by atoms with Crippen molar-refractivity contribution in [1.82, 2.24) is 0 Å². The van der Waals surface area contributed by atoms with Crippen LogP contribution in [0.25, 0.3) is 0 Å². The largest absolute Gasteiger partial charge is 0.324 e. The lowest BCUT2D eigenvalue weighted by Gasteiger charge is -2.31. The quantitative estimate of drug-likeness (QED) is 0.804. The van der Waals surface area contributed by atoms with E-state index in [1.807, 2.05) is 11.8 Å². The molecule has 0 heterocycles. The molecule has 2 atom stereocenters. The lowest BCUT2D eigenvalue weighted by Crippen LogP contribution is -2.27. The van der Waals surface area contributed by atoms with Gasteiger partial charge in [0.2, 0.25) is 0 Å². The van der Waals surface area contributed by atoms with E-state index < -0.39 is 0 Å². The number of thioether (sulfide) groups is 1. The minimum absolute atomic E-state index is 0.270. The van der Waals surface area contributed by atoms with Crippen LogP contribution in [0, 0.1) is 5.92 Å². The fraction of sp³-hybridized carbons (Fsp3) is 0.600. The first kappa shape index (κ1) is 13.0. The van der Waals surface area contributed by atoms with Gasteiger partial charge in [-0.05, 0) is 54.2 Å². The normalized spacial score (nSPS) is 23.4. The van der Waals surface area contributed by atoms with Crippen molar-refractivity contribution in [3.8, 4) is 0 Å². The molecule has 2 N–H and O–H groups in total. The SMILES string of the molecule is CCSCCCC1CCc2ccccc2C1N. The van der Waals surface area contributed by atoms with E-state index in [-0.39, 0.29) is 6.04 Å². The highest BCUT2D eigenvalue weighted by atomic mass is 32.2. The third kappa shape index (κ3) is 3.26. The van der Waals surface area contributed by atoms with Crippen LogP contribution in [0.2, 0.25) is 0 Å². The smallest absolute Gasteiger partial charge is 0.0326 e. The molecule has 1 aliphatic rings. The van der Waals surface area contributed by atoms with Crippen molar-refractivity contribution in [2.45, 2.75) is 38.6 Å². The molecule has 1 aromatic rings. The molecular weight excluding hydrogens is 226 g/mol. The Bertz CT molecular complexity index is 351. The first-order valence-corrected chi connectivity index (χ1v) is 7.89. The molecule has 0 bridgehead atoms. The van der Waals surface area contributed by atoms with E-state index in [4.69, 9.17) is 5.73 Å².